The van der Waals surface area contributed by atoms with E-state index in [4.69, 9.17) is 9.15 Å². The second-order valence-electron chi connectivity index (χ2n) is 8.02. The predicted octanol–water partition coefficient (Wildman–Crippen LogP) is 6.49. The van der Waals surface area contributed by atoms with Crippen molar-refractivity contribution in [1.29, 1.82) is 0 Å². The van der Waals surface area contributed by atoms with Crippen LogP contribution in [-0.2, 0) is 23.3 Å². The Morgan fingerprint density at radius 2 is 1.91 bits per heavy atom. The fourth-order valence-electron chi connectivity index (χ4n) is 4.06. The van der Waals surface area contributed by atoms with Crippen LogP contribution in [0.4, 0.5) is 5.00 Å². The molecule has 0 bridgehead atoms. The highest BCUT2D eigenvalue weighted by molar-refractivity contribution is 7.98. The molecule has 8 heteroatoms. The first-order valence-corrected chi connectivity index (χ1v) is 13.1. The fraction of sp³-hybridized carbons (Fsp3) is 0.269. The van der Waals surface area contributed by atoms with Gasteiger partial charge in [-0.05, 0) is 68.0 Å². The highest BCUT2D eigenvalue weighted by Crippen LogP contribution is 2.39. The molecule has 2 heterocycles. The Bertz CT molecular complexity index is 1310. The number of thiophene rings is 1. The summed E-state index contributed by atoms with van der Waals surface area (Å²) in [5, 5.41) is 4.17. The molecule has 0 unspecified atom stereocenters. The first-order chi connectivity index (χ1) is 16.6. The maximum Gasteiger partial charge on any atom is 0.341 e. The van der Waals surface area contributed by atoms with Gasteiger partial charge in [0, 0.05) is 16.2 Å². The zero-order chi connectivity index (χ0) is 23.5. The van der Waals surface area contributed by atoms with E-state index < -0.39 is 0 Å². The predicted molar refractivity (Wildman–Crippen MR) is 135 cm³/mol. The molecule has 0 spiro atoms. The van der Waals surface area contributed by atoms with Crippen LogP contribution in [-0.4, -0.2) is 23.5 Å². The lowest BCUT2D eigenvalue weighted by Crippen LogP contribution is -2.15. The van der Waals surface area contributed by atoms with Gasteiger partial charge in [0.1, 0.15) is 10.5 Å². The van der Waals surface area contributed by atoms with Crippen LogP contribution >= 0.6 is 23.1 Å². The Labute approximate surface area is 205 Å². The van der Waals surface area contributed by atoms with E-state index in [0.29, 0.717) is 33.7 Å². The van der Waals surface area contributed by atoms with Gasteiger partial charge in [-0.15, -0.1) is 11.3 Å². The number of rotatable bonds is 7. The Morgan fingerprint density at radius 3 is 2.71 bits per heavy atom. The number of hydrogen-bond acceptors (Lipinski definition) is 7. The third kappa shape index (κ3) is 4.74. The summed E-state index contributed by atoms with van der Waals surface area (Å²) in [6.07, 6.45) is 3.94. The molecule has 0 radical (unpaired) electrons. The van der Waals surface area contributed by atoms with Gasteiger partial charge in [0.2, 0.25) is 0 Å². The molecular formula is C26H24N2O4S2. The van der Waals surface area contributed by atoms with Crippen molar-refractivity contribution in [1.82, 2.24) is 4.98 Å². The minimum atomic E-state index is -0.358. The highest BCUT2D eigenvalue weighted by atomic mass is 32.2. The van der Waals surface area contributed by atoms with Gasteiger partial charge < -0.3 is 14.5 Å². The molecule has 174 valence electrons. The third-order valence-electron chi connectivity index (χ3n) is 5.73. The van der Waals surface area contributed by atoms with E-state index in [1.54, 1.807) is 19.1 Å². The van der Waals surface area contributed by atoms with Crippen molar-refractivity contribution in [2.24, 2.45) is 0 Å². The van der Waals surface area contributed by atoms with E-state index in [2.05, 4.69) is 10.3 Å². The quantitative estimate of drug-likeness (QED) is 0.235. The number of ether oxygens (including phenoxy) is 1. The first kappa shape index (κ1) is 22.7. The molecule has 5 rings (SSSR count). The lowest BCUT2D eigenvalue weighted by Gasteiger charge is -2.12. The molecule has 2 aromatic heterocycles. The molecule has 4 aromatic rings. The summed E-state index contributed by atoms with van der Waals surface area (Å²) in [6, 6.07) is 15.1. The lowest BCUT2D eigenvalue weighted by atomic mass is 9.95. The first-order valence-electron chi connectivity index (χ1n) is 11.3. The number of nitrogens with zero attached hydrogens (tertiary/aromatic N) is 1. The molecule has 1 aliphatic rings. The fourth-order valence-corrected chi connectivity index (χ4v) is 6.13. The maximum absolute atomic E-state index is 13.0. The van der Waals surface area contributed by atoms with Gasteiger partial charge in [-0.3, -0.25) is 4.79 Å². The van der Waals surface area contributed by atoms with Crippen LogP contribution in [0, 0.1) is 0 Å². The number of carbonyl (C=O) groups excluding carboxylic acids is 2. The van der Waals surface area contributed by atoms with Gasteiger partial charge in [0.25, 0.3) is 11.1 Å². The molecule has 0 fully saturated rings. The minimum Gasteiger partial charge on any atom is -0.462 e. The summed E-state index contributed by atoms with van der Waals surface area (Å²) in [5.74, 6) is 0.0883. The molecular weight excluding hydrogens is 468 g/mol. The molecule has 0 atom stereocenters. The van der Waals surface area contributed by atoms with Crippen molar-refractivity contribution in [2.45, 2.75) is 43.6 Å². The number of fused-ring (bicyclic) bond motifs is 2. The number of hydrogen-bond donors (Lipinski definition) is 1. The molecule has 34 heavy (non-hydrogen) atoms. The van der Waals surface area contributed by atoms with Crippen molar-refractivity contribution in [3.63, 3.8) is 0 Å². The highest BCUT2D eigenvalue weighted by Gasteiger charge is 2.27. The van der Waals surface area contributed by atoms with Crippen LogP contribution in [0.1, 0.15) is 56.5 Å². The molecule has 0 saturated heterocycles. The monoisotopic (exact) mass is 492 g/mol. The van der Waals surface area contributed by atoms with E-state index in [1.807, 2.05) is 36.4 Å². The smallest absolute Gasteiger partial charge is 0.341 e. The van der Waals surface area contributed by atoms with E-state index >= 15 is 0 Å². The van der Waals surface area contributed by atoms with Crippen LogP contribution in [0.5, 0.6) is 0 Å². The van der Waals surface area contributed by atoms with Crippen molar-refractivity contribution in [2.75, 3.05) is 11.9 Å². The average Bonchev–Trinajstić information content (AvgIpc) is 3.43. The normalized spacial score (nSPS) is 13.0. The van der Waals surface area contributed by atoms with E-state index in [0.717, 1.165) is 47.9 Å². The molecule has 6 nitrogen and oxygen atoms in total. The second-order valence-corrected chi connectivity index (χ2v) is 10.1. The van der Waals surface area contributed by atoms with Crippen molar-refractivity contribution in [3.05, 3.63) is 75.7 Å². The van der Waals surface area contributed by atoms with Gasteiger partial charge in [-0.2, -0.15) is 0 Å². The third-order valence-corrected chi connectivity index (χ3v) is 7.84. The number of anilines is 1. The number of nitrogens with one attached hydrogen (secondary N) is 1. The number of amides is 1. The standard InChI is InChI=1S/C26H24N2O4S2/c1-2-31-25(30)22-18-7-3-6-10-21(18)34-24(22)28-23(29)17-13-11-16(12-14-17)15-33-26-27-19-8-4-5-9-20(19)32-26/h4-5,8-9,11-14H,2-3,6-7,10,15H2,1H3,(H,28,29). The lowest BCUT2D eigenvalue weighted by molar-refractivity contribution is 0.0526. The van der Waals surface area contributed by atoms with Crippen molar-refractivity contribution >= 4 is 51.1 Å². The van der Waals surface area contributed by atoms with Crippen molar-refractivity contribution in [3.8, 4) is 0 Å². The van der Waals surface area contributed by atoms with Gasteiger partial charge >= 0.3 is 5.97 Å². The van der Waals surface area contributed by atoms with Crippen LogP contribution in [0.2, 0.25) is 0 Å². The number of benzene rings is 2. The van der Waals surface area contributed by atoms with Crippen LogP contribution in [0.15, 0.2) is 58.2 Å². The Morgan fingerprint density at radius 1 is 1.12 bits per heavy atom. The largest absolute Gasteiger partial charge is 0.462 e. The molecule has 0 aliphatic heterocycles. The van der Waals surface area contributed by atoms with Gasteiger partial charge in [-0.25, -0.2) is 9.78 Å². The number of aryl methyl sites for hydroxylation is 1. The topological polar surface area (TPSA) is 81.4 Å². The summed E-state index contributed by atoms with van der Waals surface area (Å²) < 4.78 is 11.0. The molecule has 2 aromatic carbocycles. The van der Waals surface area contributed by atoms with Crippen molar-refractivity contribution < 1.29 is 18.7 Å². The number of aromatic nitrogens is 1. The molecule has 1 aliphatic carbocycles. The maximum atomic E-state index is 13.0. The molecule has 1 amide bonds. The van der Waals surface area contributed by atoms with Gasteiger partial charge in [-0.1, -0.05) is 36.0 Å². The number of esters is 1. The second kappa shape index (κ2) is 10.0. The minimum absolute atomic E-state index is 0.234. The van der Waals surface area contributed by atoms with E-state index in [1.165, 1.54) is 28.0 Å². The Hall–Kier alpha value is -3.10. The Balaban J connectivity index is 1.27. The van der Waals surface area contributed by atoms with Crippen LogP contribution in [0.25, 0.3) is 11.1 Å². The van der Waals surface area contributed by atoms with Gasteiger partial charge in [0.05, 0.1) is 12.2 Å². The number of carbonyl (C=O) groups is 2. The average molecular weight is 493 g/mol. The summed E-state index contributed by atoms with van der Waals surface area (Å²) in [7, 11) is 0. The number of para-hydroxylation sites is 2. The summed E-state index contributed by atoms with van der Waals surface area (Å²) in [5.41, 5.74) is 4.78. The zero-order valence-electron chi connectivity index (χ0n) is 18.8. The Kier molecular flexibility index (Phi) is 6.69. The SMILES string of the molecule is CCOC(=O)c1c(NC(=O)c2ccc(CSc3nc4ccccc4o3)cc2)sc2c1CCCC2. The van der Waals surface area contributed by atoms with Gasteiger partial charge in [0.15, 0.2) is 5.58 Å². The van der Waals surface area contributed by atoms with Crippen LogP contribution < -0.4 is 5.32 Å². The molecule has 1 N–H and O–H groups in total. The summed E-state index contributed by atoms with van der Waals surface area (Å²) in [6.45, 7) is 2.10. The number of oxazole rings is 1. The zero-order valence-corrected chi connectivity index (χ0v) is 20.4. The molecule has 0 saturated carbocycles. The number of thioether (sulfide) groups is 1. The summed E-state index contributed by atoms with van der Waals surface area (Å²) >= 11 is 3.01. The van der Waals surface area contributed by atoms with E-state index in [-0.39, 0.29) is 11.9 Å². The van der Waals surface area contributed by atoms with Crippen LogP contribution in [0.3, 0.4) is 0 Å². The summed E-state index contributed by atoms with van der Waals surface area (Å²) in [4.78, 5) is 31.2. The van der Waals surface area contributed by atoms with E-state index in [9.17, 15) is 9.59 Å².